The zero-order valence-corrected chi connectivity index (χ0v) is 15.8. The fraction of sp³-hybridized carbons (Fsp3) is 0.500. The molecule has 1 aromatic rings. The van der Waals surface area contributed by atoms with E-state index in [1.165, 1.54) is 0 Å². The van der Waals surface area contributed by atoms with E-state index in [1.807, 2.05) is 18.2 Å². The first kappa shape index (κ1) is 17.9. The van der Waals surface area contributed by atoms with Crippen molar-refractivity contribution in [2.24, 2.45) is 0 Å². The van der Waals surface area contributed by atoms with Gasteiger partial charge in [-0.1, -0.05) is 47.7 Å². The second-order valence-corrected chi connectivity index (χ2v) is 8.08. The fourth-order valence-electron chi connectivity index (χ4n) is 2.84. The minimum atomic E-state index is -0.0197. The molecule has 130 valence electrons. The monoisotopic (exact) mass is 384 g/mol. The van der Waals surface area contributed by atoms with Gasteiger partial charge in [-0.15, -0.1) is 0 Å². The molecule has 0 unspecified atom stereocenters. The number of amides is 1. The number of para-hydroxylation sites is 1. The lowest BCUT2D eigenvalue weighted by Crippen LogP contribution is -2.51. The molecular weight excluding hydrogens is 364 g/mol. The second-order valence-electron chi connectivity index (χ2n) is 5.94. The minimum Gasteiger partial charge on any atom is -0.344 e. The van der Waals surface area contributed by atoms with Crippen molar-refractivity contribution in [3.8, 4) is 0 Å². The van der Waals surface area contributed by atoms with Crippen molar-refractivity contribution in [3.05, 3.63) is 29.3 Å². The number of carbonyl (C=O) groups excluding carboxylic acids is 1. The Hall–Kier alpha value is -0.860. The molecule has 0 aliphatic carbocycles. The van der Waals surface area contributed by atoms with E-state index in [9.17, 15) is 4.79 Å². The Balaban J connectivity index is 1.41. The summed E-state index contributed by atoms with van der Waals surface area (Å²) < 4.78 is 1.01. The predicted molar refractivity (Wildman–Crippen MR) is 105 cm³/mol. The standard InChI is InChI=1S/C16H21ClN4OS2/c17-13-3-1-2-4-14(13)18-15(22)11-19-5-7-20(8-6-19)12-21-9-10-24-16(21)23/h1-4H,5-12H2,(H,18,22). The van der Waals surface area contributed by atoms with Crippen molar-refractivity contribution >= 4 is 51.5 Å². The van der Waals surface area contributed by atoms with Crippen LogP contribution in [-0.4, -0.2) is 76.6 Å². The lowest BCUT2D eigenvalue weighted by Gasteiger charge is -2.36. The first-order valence-electron chi connectivity index (χ1n) is 8.02. The normalized spacial score (nSPS) is 19.7. The summed E-state index contributed by atoms with van der Waals surface area (Å²) in [7, 11) is 0. The number of hydrogen-bond donors (Lipinski definition) is 1. The average molecular weight is 385 g/mol. The third-order valence-corrected chi connectivity index (χ3v) is 6.03. The summed E-state index contributed by atoms with van der Waals surface area (Å²) in [6.07, 6.45) is 0. The Morgan fingerprint density at radius 1 is 1.17 bits per heavy atom. The van der Waals surface area contributed by atoms with E-state index in [1.54, 1.807) is 17.8 Å². The number of nitrogens with one attached hydrogen (secondary N) is 1. The van der Waals surface area contributed by atoms with E-state index >= 15 is 0 Å². The van der Waals surface area contributed by atoms with Crippen molar-refractivity contribution in [2.45, 2.75) is 0 Å². The predicted octanol–water partition coefficient (Wildman–Crippen LogP) is 2.19. The molecule has 0 aromatic heterocycles. The van der Waals surface area contributed by atoms with Crippen LogP contribution in [-0.2, 0) is 4.79 Å². The van der Waals surface area contributed by atoms with Crippen LogP contribution in [0.1, 0.15) is 0 Å². The molecule has 2 aliphatic heterocycles. The number of rotatable bonds is 5. The molecule has 2 aliphatic rings. The van der Waals surface area contributed by atoms with E-state index < -0.39 is 0 Å². The van der Waals surface area contributed by atoms with Gasteiger partial charge in [0.2, 0.25) is 5.91 Å². The van der Waals surface area contributed by atoms with Crippen LogP contribution < -0.4 is 5.32 Å². The Morgan fingerprint density at radius 2 is 1.88 bits per heavy atom. The van der Waals surface area contributed by atoms with E-state index in [0.717, 1.165) is 49.5 Å². The molecule has 1 N–H and O–H groups in total. The summed E-state index contributed by atoms with van der Waals surface area (Å²) in [4.78, 5) is 19.0. The third-order valence-electron chi connectivity index (χ3n) is 4.20. The average Bonchev–Trinajstić information content (AvgIpc) is 2.96. The maximum absolute atomic E-state index is 12.2. The molecule has 1 aromatic carbocycles. The number of nitrogens with zero attached hydrogens (tertiary/aromatic N) is 3. The van der Waals surface area contributed by atoms with Gasteiger partial charge in [0.15, 0.2) is 0 Å². The van der Waals surface area contributed by atoms with Crippen LogP contribution in [0.25, 0.3) is 0 Å². The van der Waals surface area contributed by atoms with Gasteiger partial charge in [-0.2, -0.15) is 0 Å². The maximum Gasteiger partial charge on any atom is 0.238 e. The van der Waals surface area contributed by atoms with Gasteiger partial charge in [0.25, 0.3) is 0 Å². The van der Waals surface area contributed by atoms with Gasteiger partial charge in [0.1, 0.15) is 4.32 Å². The molecule has 24 heavy (non-hydrogen) atoms. The first-order chi connectivity index (χ1) is 11.6. The van der Waals surface area contributed by atoms with Crippen molar-refractivity contribution in [1.29, 1.82) is 0 Å². The molecule has 1 amide bonds. The SMILES string of the molecule is O=C(CN1CCN(CN2CCSC2=S)CC1)Nc1ccccc1Cl. The molecule has 0 radical (unpaired) electrons. The number of thiocarbonyl (C=S) groups is 1. The number of thioether (sulfide) groups is 1. The number of carbonyl (C=O) groups is 1. The Morgan fingerprint density at radius 3 is 2.54 bits per heavy atom. The van der Waals surface area contributed by atoms with E-state index in [0.29, 0.717) is 17.3 Å². The molecule has 3 rings (SSSR count). The van der Waals surface area contributed by atoms with Gasteiger partial charge in [0, 0.05) is 38.5 Å². The quantitative estimate of drug-likeness (QED) is 0.784. The molecule has 2 heterocycles. The highest BCUT2D eigenvalue weighted by atomic mass is 35.5. The van der Waals surface area contributed by atoms with Gasteiger partial charge in [0.05, 0.1) is 23.9 Å². The van der Waals surface area contributed by atoms with Crippen LogP contribution in [0.5, 0.6) is 0 Å². The van der Waals surface area contributed by atoms with Gasteiger partial charge in [-0.3, -0.25) is 14.6 Å². The highest BCUT2D eigenvalue weighted by Gasteiger charge is 2.23. The maximum atomic E-state index is 12.2. The highest BCUT2D eigenvalue weighted by Crippen LogP contribution is 2.20. The summed E-state index contributed by atoms with van der Waals surface area (Å²) in [5.74, 6) is 1.08. The molecule has 0 atom stereocenters. The second kappa shape index (κ2) is 8.49. The zero-order chi connectivity index (χ0) is 16.9. The fourth-order valence-corrected chi connectivity index (χ4v) is 4.24. The Kier molecular flexibility index (Phi) is 6.35. The summed E-state index contributed by atoms with van der Waals surface area (Å²) in [6.45, 7) is 6.06. The lowest BCUT2D eigenvalue weighted by molar-refractivity contribution is -0.117. The molecule has 0 bridgehead atoms. The molecule has 2 saturated heterocycles. The van der Waals surface area contributed by atoms with Gasteiger partial charge in [-0.25, -0.2) is 0 Å². The minimum absolute atomic E-state index is 0.0197. The molecule has 2 fully saturated rings. The third kappa shape index (κ3) is 4.83. The zero-order valence-electron chi connectivity index (χ0n) is 13.4. The van der Waals surface area contributed by atoms with Crippen LogP contribution in [0.4, 0.5) is 5.69 Å². The number of anilines is 1. The van der Waals surface area contributed by atoms with E-state index in [-0.39, 0.29) is 5.91 Å². The number of piperazine rings is 1. The summed E-state index contributed by atoms with van der Waals surface area (Å²) in [6, 6.07) is 7.30. The van der Waals surface area contributed by atoms with Crippen LogP contribution in [0.15, 0.2) is 24.3 Å². The summed E-state index contributed by atoms with van der Waals surface area (Å²) in [5.41, 5.74) is 0.669. The van der Waals surface area contributed by atoms with Gasteiger partial charge < -0.3 is 10.2 Å². The van der Waals surface area contributed by atoms with E-state index in [2.05, 4.69) is 20.0 Å². The van der Waals surface area contributed by atoms with Gasteiger partial charge in [-0.05, 0) is 12.1 Å². The number of benzene rings is 1. The van der Waals surface area contributed by atoms with E-state index in [4.69, 9.17) is 23.8 Å². The van der Waals surface area contributed by atoms with Gasteiger partial charge >= 0.3 is 0 Å². The molecule has 0 spiro atoms. The van der Waals surface area contributed by atoms with Crippen molar-refractivity contribution < 1.29 is 4.79 Å². The van der Waals surface area contributed by atoms with Crippen LogP contribution in [0.3, 0.4) is 0 Å². The molecule has 0 saturated carbocycles. The lowest BCUT2D eigenvalue weighted by atomic mass is 10.3. The van der Waals surface area contributed by atoms with Crippen LogP contribution in [0.2, 0.25) is 5.02 Å². The highest BCUT2D eigenvalue weighted by molar-refractivity contribution is 8.23. The summed E-state index contributed by atoms with van der Waals surface area (Å²) >= 11 is 13.2. The van der Waals surface area contributed by atoms with Crippen molar-refractivity contribution in [2.75, 3.05) is 57.0 Å². The van der Waals surface area contributed by atoms with Crippen molar-refractivity contribution in [1.82, 2.24) is 14.7 Å². The largest absolute Gasteiger partial charge is 0.344 e. The molecule has 8 heteroatoms. The topological polar surface area (TPSA) is 38.8 Å². The Labute approximate surface area is 157 Å². The number of hydrogen-bond acceptors (Lipinski definition) is 5. The smallest absolute Gasteiger partial charge is 0.238 e. The Bertz CT molecular complexity index is 607. The molecule has 5 nitrogen and oxygen atoms in total. The van der Waals surface area contributed by atoms with Crippen molar-refractivity contribution in [3.63, 3.8) is 0 Å². The number of halogens is 1. The van der Waals surface area contributed by atoms with Crippen LogP contribution >= 0.6 is 35.6 Å². The van der Waals surface area contributed by atoms with Crippen LogP contribution in [0, 0.1) is 0 Å². The first-order valence-corrected chi connectivity index (χ1v) is 9.80. The molecular formula is C16H21ClN4OS2. The summed E-state index contributed by atoms with van der Waals surface area (Å²) in [5, 5.41) is 3.44.